The molecular weight excluding hydrogens is 291 g/mol. The highest BCUT2D eigenvalue weighted by atomic mass is 32.2. The Bertz CT molecular complexity index is 669. The van der Waals surface area contributed by atoms with Crippen molar-refractivity contribution in [1.82, 2.24) is 0 Å². The topological polar surface area (TPSA) is 17.1 Å². The minimum absolute atomic E-state index is 0.127. The third-order valence-corrected chi connectivity index (χ3v) is 5.91. The van der Waals surface area contributed by atoms with Crippen LogP contribution in [0.3, 0.4) is 0 Å². The van der Waals surface area contributed by atoms with E-state index in [0.717, 1.165) is 0 Å². The molecule has 1 nitrogen and oxygen atoms in total. The minimum atomic E-state index is -0.432. The van der Waals surface area contributed by atoms with Gasteiger partial charge in [-0.3, -0.25) is 4.79 Å². The van der Waals surface area contributed by atoms with Gasteiger partial charge in [0, 0.05) is 16.2 Å². The van der Waals surface area contributed by atoms with Gasteiger partial charge >= 0.3 is 0 Å². The molecular formula is C16H13FOS2. The van der Waals surface area contributed by atoms with Crippen LogP contribution in [0.25, 0.3) is 0 Å². The van der Waals surface area contributed by atoms with Crippen molar-refractivity contribution in [2.75, 3.05) is 0 Å². The molecule has 0 saturated heterocycles. The second-order valence-corrected chi connectivity index (χ2v) is 7.51. The molecule has 2 aromatic carbocycles. The van der Waals surface area contributed by atoms with E-state index in [1.54, 1.807) is 41.7 Å². The van der Waals surface area contributed by atoms with Crippen LogP contribution in [0.15, 0.2) is 52.3 Å². The molecule has 20 heavy (non-hydrogen) atoms. The zero-order valence-electron chi connectivity index (χ0n) is 10.9. The number of hydrogen-bond acceptors (Lipinski definition) is 3. The average molecular weight is 304 g/mol. The monoisotopic (exact) mass is 304 g/mol. The molecule has 1 aliphatic heterocycles. The summed E-state index contributed by atoms with van der Waals surface area (Å²) in [5.41, 5.74) is 1.42. The summed E-state index contributed by atoms with van der Waals surface area (Å²) >= 11 is 3.39. The maximum absolute atomic E-state index is 13.6. The number of halogens is 1. The molecule has 0 fully saturated rings. The van der Waals surface area contributed by atoms with Crippen LogP contribution in [0.5, 0.6) is 0 Å². The maximum atomic E-state index is 13.6. The molecule has 1 heterocycles. The van der Waals surface area contributed by atoms with Crippen LogP contribution in [-0.2, 0) is 0 Å². The first-order valence-electron chi connectivity index (χ1n) is 6.35. The normalized spacial score (nSPS) is 17.0. The van der Waals surface area contributed by atoms with Crippen molar-refractivity contribution in [2.24, 2.45) is 0 Å². The van der Waals surface area contributed by atoms with Crippen LogP contribution in [0.4, 0.5) is 4.39 Å². The third kappa shape index (κ3) is 2.76. The first-order chi connectivity index (χ1) is 9.63. The number of rotatable bonds is 3. The van der Waals surface area contributed by atoms with E-state index >= 15 is 0 Å². The second kappa shape index (κ2) is 5.62. The summed E-state index contributed by atoms with van der Waals surface area (Å²) in [7, 11) is 0. The van der Waals surface area contributed by atoms with Crippen molar-refractivity contribution in [2.45, 2.75) is 27.7 Å². The molecule has 0 N–H and O–H groups in total. The number of carbonyl (C=O) groups excluding carboxylic acids is 1. The number of Topliss-reactive ketones (excluding diaryl/α,β-unsaturated/α-hetero) is 1. The molecule has 0 aliphatic carbocycles. The van der Waals surface area contributed by atoms with Crippen LogP contribution in [0.2, 0.25) is 0 Å². The first kappa shape index (κ1) is 13.7. The Hall–Kier alpha value is -1.26. The first-order valence-corrected chi connectivity index (χ1v) is 8.11. The summed E-state index contributed by atoms with van der Waals surface area (Å²) < 4.78 is 13.7. The molecule has 1 aliphatic rings. The summed E-state index contributed by atoms with van der Waals surface area (Å²) in [5.74, 6) is -0.559. The largest absolute Gasteiger partial charge is 0.294 e. The number of carbonyl (C=O) groups is 1. The average Bonchev–Trinajstić information content (AvgIpc) is 2.80. The summed E-state index contributed by atoms with van der Waals surface area (Å²) in [5, 5.41) is 0. The highest BCUT2D eigenvalue weighted by Crippen LogP contribution is 2.49. The molecule has 0 unspecified atom stereocenters. The van der Waals surface area contributed by atoms with Crippen LogP contribution in [0.1, 0.15) is 22.3 Å². The smallest absolute Gasteiger partial charge is 0.167 e. The van der Waals surface area contributed by atoms with E-state index in [2.05, 4.69) is 25.1 Å². The lowest BCUT2D eigenvalue weighted by atomic mass is 10.1. The Labute approximate surface area is 126 Å². The Balaban J connectivity index is 1.72. The minimum Gasteiger partial charge on any atom is -0.294 e. The van der Waals surface area contributed by atoms with Gasteiger partial charge in [0.05, 0.1) is 10.1 Å². The zero-order chi connectivity index (χ0) is 14.1. The lowest BCUT2D eigenvalue weighted by Crippen LogP contribution is -2.07. The van der Waals surface area contributed by atoms with Crippen molar-refractivity contribution in [3.8, 4) is 0 Å². The fourth-order valence-corrected chi connectivity index (χ4v) is 5.04. The number of fused-ring (bicyclic) bond motifs is 1. The molecule has 4 heteroatoms. The van der Waals surface area contributed by atoms with Gasteiger partial charge in [-0.25, -0.2) is 4.39 Å². The number of ketones is 1. The molecule has 1 atom stereocenters. The van der Waals surface area contributed by atoms with Gasteiger partial charge in [-0.15, -0.1) is 23.5 Å². The number of benzene rings is 2. The standard InChI is InChI=1S/C16H13FOS2/c1-10-6-7-14-15(8-10)20-16(19-14)9-13(18)11-4-2-3-5-12(11)17/h2-8,16H,9H2,1H3/t16-/m0/s1. The van der Waals surface area contributed by atoms with Crippen molar-refractivity contribution in [3.05, 3.63) is 59.4 Å². The molecule has 0 spiro atoms. The van der Waals surface area contributed by atoms with Crippen LogP contribution >= 0.6 is 23.5 Å². The summed E-state index contributed by atoms with van der Waals surface area (Å²) in [4.78, 5) is 14.6. The van der Waals surface area contributed by atoms with Gasteiger partial charge in [-0.05, 0) is 36.8 Å². The Morgan fingerprint density at radius 3 is 2.70 bits per heavy atom. The zero-order valence-corrected chi connectivity index (χ0v) is 12.6. The van der Waals surface area contributed by atoms with Crippen molar-refractivity contribution < 1.29 is 9.18 Å². The summed E-state index contributed by atoms with van der Waals surface area (Å²) in [6.07, 6.45) is 0.351. The van der Waals surface area contributed by atoms with Gasteiger partial charge < -0.3 is 0 Å². The van der Waals surface area contributed by atoms with Crippen LogP contribution < -0.4 is 0 Å². The van der Waals surface area contributed by atoms with E-state index < -0.39 is 5.82 Å². The molecule has 0 saturated carbocycles. The van der Waals surface area contributed by atoms with Crippen molar-refractivity contribution >= 4 is 29.3 Å². The van der Waals surface area contributed by atoms with Crippen molar-refractivity contribution in [3.63, 3.8) is 0 Å². The van der Waals surface area contributed by atoms with E-state index in [0.29, 0.717) is 6.42 Å². The highest BCUT2D eigenvalue weighted by molar-refractivity contribution is 8.19. The second-order valence-electron chi connectivity index (χ2n) is 4.72. The van der Waals surface area contributed by atoms with Gasteiger partial charge in [0.2, 0.25) is 0 Å². The predicted octanol–water partition coefficient (Wildman–Crippen LogP) is 4.93. The number of aryl methyl sites for hydroxylation is 1. The van der Waals surface area contributed by atoms with Gasteiger partial charge in [0.25, 0.3) is 0 Å². The van der Waals surface area contributed by atoms with Gasteiger partial charge in [-0.2, -0.15) is 0 Å². The fraction of sp³-hybridized carbons (Fsp3) is 0.188. The third-order valence-electron chi connectivity index (χ3n) is 3.14. The number of thioether (sulfide) groups is 2. The quantitative estimate of drug-likeness (QED) is 0.748. The molecule has 0 aromatic heterocycles. The summed E-state index contributed by atoms with van der Waals surface area (Å²) in [6.45, 7) is 2.06. The molecule has 0 amide bonds. The molecule has 3 rings (SSSR count). The van der Waals surface area contributed by atoms with E-state index in [1.165, 1.54) is 21.4 Å². The Morgan fingerprint density at radius 2 is 1.90 bits per heavy atom. The van der Waals surface area contributed by atoms with Crippen LogP contribution in [0, 0.1) is 12.7 Å². The van der Waals surface area contributed by atoms with Gasteiger partial charge in [-0.1, -0.05) is 18.2 Å². The van der Waals surface area contributed by atoms with E-state index in [-0.39, 0.29) is 15.9 Å². The van der Waals surface area contributed by atoms with E-state index in [1.807, 2.05) is 0 Å². The van der Waals surface area contributed by atoms with Crippen LogP contribution in [-0.4, -0.2) is 10.4 Å². The molecule has 0 radical (unpaired) electrons. The summed E-state index contributed by atoms with van der Waals surface area (Å²) in [6, 6.07) is 12.5. The van der Waals surface area contributed by atoms with E-state index in [9.17, 15) is 9.18 Å². The SMILES string of the molecule is Cc1ccc2c(c1)S[C@@H](CC(=O)c1ccccc1F)S2. The lowest BCUT2D eigenvalue weighted by Gasteiger charge is -2.07. The van der Waals surface area contributed by atoms with Gasteiger partial charge in [0.1, 0.15) is 5.82 Å². The predicted molar refractivity (Wildman–Crippen MR) is 82.0 cm³/mol. The van der Waals surface area contributed by atoms with Crippen molar-refractivity contribution in [1.29, 1.82) is 0 Å². The lowest BCUT2D eigenvalue weighted by molar-refractivity contribution is 0.0984. The Kier molecular flexibility index (Phi) is 3.85. The maximum Gasteiger partial charge on any atom is 0.167 e. The molecule has 0 bridgehead atoms. The number of hydrogen-bond donors (Lipinski definition) is 0. The van der Waals surface area contributed by atoms with Gasteiger partial charge in [0.15, 0.2) is 5.78 Å². The Morgan fingerprint density at radius 1 is 1.15 bits per heavy atom. The fourth-order valence-electron chi connectivity index (χ4n) is 2.14. The molecule has 102 valence electrons. The highest BCUT2D eigenvalue weighted by Gasteiger charge is 2.26. The van der Waals surface area contributed by atoms with E-state index in [4.69, 9.17) is 0 Å². The molecule has 2 aromatic rings.